The molecule has 3 N–H and O–H groups in total. The number of carbonyl (C=O) groups excluding carboxylic acids is 1. The van der Waals surface area contributed by atoms with Gasteiger partial charge in [-0.1, -0.05) is 0 Å². The highest BCUT2D eigenvalue weighted by Gasteiger charge is 2.18. The first-order valence-electron chi connectivity index (χ1n) is 5.87. The summed E-state index contributed by atoms with van der Waals surface area (Å²) in [6.07, 6.45) is 0.596. The fourth-order valence-corrected chi connectivity index (χ4v) is 2.42. The molecule has 1 aromatic rings. The molecule has 0 radical (unpaired) electrons. The van der Waals surface area contributed by atoms with Gasteiger partial charge in [0.15, 0.2) is 0 Å². The Bertz CT molecular complexity index is 602. The van der Waals surface area contributed by atoms with E-state index in [4.69, 9.17) is 9.88 Å². The van der Waals surface area contributed by atoms with Crippen LogP contribution >= 0.6 is 0 Å². The van der Waals surface area contributed by atoms with Crippen LogP contribution in [0.5, 0.6) is 0 Å². The molecule has 0 atom stereocenters. The molecule has 1 aromatic carbocycles. The Labute approximate surface area is 117 Å². The third-order valence-corrected chi connectivity index (χ3v) is 3.71. The summed E-state index contributed by atoms with van der Waals surface area (Å²) in [5, 5.41) is 7.53. The van der Waals surface area contributed by atoms with Crippen LogP contribution in [-0.4, -0.2) is 34.6 Å². The number of hydrogen-bond donors (Lipinski definition) is 2. The number of ether oxygens (including phenoxy) is 1. The van der Waals surface area contributed by atoms with E-state index in [0.717, 1.165) is 12.1 Å². The maximum absolute atomic E-state index is 13.7. The van der Waals surface area contributed by atoms with E-state index in [2.05, 4.69) is 5.32 Å². The number of primary sulfonamides is 1. The number of halogens is 1. The Kier molecular flexibility index (Phi) is 5.61. The summed E-state index contributed by atoms with van der Waals surface area (Å²) in [5.41, 5.74) is -0.196. The molecule has 0 heterocycles. The maximum atomic E-state index is 13.7. The third kappa shape index (κ3) is 4.26. The summed E-state index contributed by atoms with van der Waals surface area (Å²) >= 11 is 0. The summed E-state index contributed by atoms with van der Waals surface area (Å²) < 4.78 is 41.2. The van der Waals surface area contributed by atoms with Crippen LogP contribution in [0.2, 0.25) is 0 Å². The van der Waals surface area contributed by atoms with Crippen LogP contribution in [0.1, 0.15) is 22.3 Å². The quantitative estimate of drug-likeness (QED) is 0.750. The minimum atomic E-state index is -4.08. The number of benzene rings is 1. The van der Waals surface area contributed by atoms with Crippen molar-refractivity contribution in [1.82, 2.24) is 5.32 Å². The van der Waals surface area contributed by atoms with E-state index < -0.39 is 21.7 Å². The number of amides is 1. The van der Waals surface area contributed by atoms with Crippen molar-refractivity contribution in [2.24, 2.45) is 5.14 Å². The van der Waals surface area contributed by atoms with Gasteiger partial charge in [0.2, 0.25) is 10.0 Å². The van der Waals surface area contributed by atoms with Gasteiger partial charge in [-0.2, -0.15) is 0 Å². The molecule has 0 aliphatic carbocycles. The Morgan fingerprint density at radius 3 is 2.65 bits per heavy atom. The molecule has 0 saturated carbocycles. The second-order valence-electron chi connectivity index (χ2n) is 4.23. The van der Waals surface area contributed by atoms with Crippen molar-refractivity contribution >= 4 is 15.9 Å². The highest BCUT2D eigenvalue weighted by atomic mass is 32.2. The van der Waals surface area contributed by atoms with Crippen LogP contribution < -0.4 is 10.5 Å². The molecule has 0 aliphatic heterocycles. The van der Waals surface area contributed by atoms with Gasteiger partial charge >= 0.3 is 0 Å². The predicted octanol–water partition coefficient (Wildman–Crippen LogP) is 0.548. The van der Waals surface area contributed by atoms with E-state index in [1.54, 1.807) is 0 Å². The van der Waals surface area contributed by atoms with Crippen molar-refractivity contribution in [3.63, 3.8) is 0 Å². The number of methoxy groups -OCH3 is 1. The molecule has 0 aliphatic rings. The zero-order valence-electron chi connectivity index (χ0n) is 11.3. The molecule has 0 unspecified atom stereocenters. The molecule has 20 heavy (non-hydrogen) atoms. The molecule has 0 saturated heterocycles. The molecular formula is C12H17FN2O4S. The Morgan fingerprint density at radius 2 is 2.10 bits per heavy atom. The number of nitrogens with two attached hydrogens (primary N) is 1. The second kappa shape index (κ2) is 6.78. The fourth-order valence-electron chi connectivity index (χ4n) is 1.60. The summed E-state index contributed by atoms with van der Waals surface area (Å²) in [6.45, 7) is 2.10. The van der Waals surface area contributed by atoms with Gasteiger partial charge in [-0.15, -0.1) is 0 Å². The van der Waals surface area contributed by atoms with Crippen LogP contribution in [-0.2, 0) is 14.8 Å². The van der Waals surface area contributed by atoms with Crippen LogP contribution in [0.4, 0.5) is 4.39 Å². The van der Waals surface area contributed by atoms with E-state index in [0.29, 0.717) is 19.6 Å². The highest BCUT2D eigenvalue weighted by molar-refractivity contribution is 7.89. The van der Waals surface area contributed by atoms with Gasteiger partial charge in [-0.25, -0.2) is 17.9 Å². The molecule has 1 rings (SSSR count). The number of sulfonamides is 1. The van der Waals surface area contributed by atoms with E-state index in [1.807, 2.05) is 0 Å². The zero-order chi connectivity index (χ0) is 15.3. The summed E-state index contributed by atoms with van der Waals surface area (Å²) in [7, 11) is -2.54. The number of rotatable bonds is 6. The molecule has 0 aromatic heterocycles. The SMILES string of the molecule is COCCCNC(=O)c1cc(F)c(C)c(S(N)(=O)=O)c1. The molecule has 0 spiro atoms. The van der Waals surface area contributed by atoms with Gasteiger partial charge in [0.1, 0.15) is 5.82 Å². The first kappa shape index (κ1) is 16.5. The smallest absolute Gasteiger partial charge is 0.251 e. The first-order valence-corrected chi connectivity index (χ1v) is 7.42. The number of nitrogens with one attached hydrogen (secondary N) is 1. The largest absolute Gasteiger partial charge is 0.385 e. The lowest BCUT2D eigenvalue weighted by Crippen LogP contribution is -2.26. The van der Waals surface area contributed by atoms with E-state index in [-0.39, 0.29) is 16.0 Å². The van der Waals surface area contributed by atoms with E-state index >= 15 is 0 Å². The maximum Gasteiger partial charge on any atom is 0.251 e. The monoisotopic (exact) mass is 304 g/mol. The molecular weight excluding hydrogens is 287 g/mol. The van der Waals surface area contributed by atoms with Crippen LogP contribution in [0, 0.1) is 12.7 Å². The Hall–Kier alpha value is -1.51. The predicted molar refractivity (Wildman–Crippen MR) is 71.3 cm³/mol. The molecule has 1 amide bonds. The lowest BCUT2D eigenvalue weighted by atomic mass is 10.1. The molecule has 0 bridgehead atoms. The Balaban J connectivity index is 2.97. The lowest BCUT2D eigenvalue weighted by Gasteiger charge is -2.09. The van der Waals surface area contributed by atoms with Crippen LogP contribution in [0.25, 0.3) is 0 Å². The Morgan fingerprint density at radius 1 is 1.45 bits per heavy atom. The van der Waals surface area contributed by atoms with Crippen LogP contribution in [0.3, 0.4) is 0 Å². The zero-order valence-corrected chi connectivity index (χ0v) is 12.1. The van der Waals surface area contributed by atoms with Crippen molar-refractivity contribution in [2.75, 3.05) is 20.3 Å². The van der Waals surface area contributed by atoms with Crippen LogP contribution in [0.15, 0.2) is 17.0 Å². The van der Waals surface area contributed by atoms with E-state index in [9.17, 15) is 17.6 Å². The molecule has 8 heteroatoms. The first-order chi connectivity index (χ1) is 9.27. The van der Waals surface area contributed by atoms with Crippen molar-refractivity contribution in [3.8, 4) is 0 Å². The third-order valence-electron chi connectivity index (χ3n) is 2.68. The summed E-state index contributed by atoms with van der Waals surface area (Å²) in [6, 6.07) is 2.05. The average Bonchev–Trinajstić information content (AvgIpc) is 2.36. The average molecular weight is 304 g/mol. The number of carbonyl (C=O) groups is 1. The van der Waals surface area contributed by atoms with Crippen molar-refractivity contribution in [2.45, 2.75) is 18.2 Å². The van der Waals surface area contributed by atoms with Gasteiger partial charge in [0, 0.05) is 31.4 Å². The van der Waals surface area contributed by atoms with E-state index in [1.165, 1.54) is 14.0 Å². The van der Waals surface area contributed by atoms with Crippen molar-refractivity contribution < 1.29 is 22.3 Å². The lowest BCUT2D eigenvalue weighted by molar-refractivity contribution is 0.0948. The molecule has 6 nitrogen and oxygen atoms in total. The topological polar surface area (TPSA) is 98.5 Å². The molecule has 0 fully saturated rings. The van der Waals surface area contributed by atoms with Gasteiger partial charge < -0.3 is 10.1 Å². The fraction of sp³-hybridized carbons (Fsp3) is 0.417. The van der Waals surface area contributed by atoms with Gasteiger partial charge in [-0.05, 0) is 25.5 Å². The van der Waals surface area contributed by atoms with Gasteiger partial charge in [0.05, 0.1) is 4.90 Å². The minimum absolute atomic E-state index is 0.0884. The standard InChI is InChI=1S/C12H17FN2O4S/c1-8-10(13)6-9(7-11(8)20(14,17)18)12(16)15-4-3-5-19-2/h6-7H,3-5H2,1-2H3,(H,15,16)(H2,14,17,18). The summed E-state index contributed by atoms with van der Waals surface area (Å²) in [5.74, 6) is -1.36. The van der Waals surface area contributed by atoms with Crippen molar-refractivity contribution in [1.29, 1.82) is 0 Å². The summed E-state index contributed by atoms with van der Waals surface area (Å²) in [4.78, 5) is 11.4. The van der Waals surface area contributed by atoms with Gasteiger partial charge in [0.25, 0.3) is 5.91 Å². The highest BCUT2D eigenvalue weighted by Crippen LogP contribution is 2.19. The molecule has 112 valence electrons. The van der Waals surface area contributed by atoms with Gasteiger partial charge in [-0.3, -0.25) is 4.79 Å². The second-order valence-corrected chi connectivity index (χ2v) is 5.76. The normalized spacial score (nSPS) is 11.4. The number of hydrogen-bond acceptors (Lipinski definition) is 4. The minimum Gasteiger partial charge on any atom is -0.385 e. The van der Waals surface area contributed by atoms with Crippen molar-refractivity contribution in [3.05, 3.63) is 29.1 Å².